The Morgan fingerprint density at radius 3 is 2.79 bits per heavy atom. The molecule has 19 heavy (non-hydrogen) atoms. The van der Waals surface area contributed by atoms with Crippen molar-refractivity contribution in [2.45, 2.75) is 26.8 Å². The van der Waals surface area contributed by atoms with Gasteiger partial charge in [0.15, 0.2) is 0 Å². The van der Waals surface area contributed by atoms with E-state index in [1.165, 1.54) is 0 Å². The number of hydrogen-bond donors (Lipinski definition) is 2. The third kappa shape index (κ3) is 2.31. The molecule has 1 heterocycles. The number of fused-ring (bicyclic) bond motifs is 1. The quantitative estimate of drug-likeness (QED) is 0.881. The van der Waals surface area contributed by atoms with E-state index in [9.17, 15) is 4.79 Å². The zero-order valence-electron chi connectivity index (χ0n) is 11.2. The van der Waals surface area contributed by atoms with Crippen LogP contribution in [0.25, 0.3) is 17.1 Å². The van der Waals surface area contributed by atoms with E-state index in [0.717, 1.165) is 24.0 Å². The molecule has 0 spiro atoms. The van der Waals surface area contributed by atoms with Crippen LogP contribution >= 0.6 is 0 Å². The van der Waals surface area contributed by atoms with Crippen molar-refractivity contribution >= 4 is 29.0 Å². The summed E-state index contributed by atoms with van der Waals surface area (Å²) in [4.78, 5) is 15.8. The number of anilines is 1. The Morgan fingerprint density at radius 2 is 2.21 bits per heavy atom. The van der Waals surface area contributed by atoms with Gasteiger partial charge in [-0.3, -0.25) is 4.79 Å². The Hall–Kier alpha value is -2.30. The monoisotopic (exact) mass is 258 g/mol. The average molecular weight is 258 g/mol. The molecule has 0 saturated heterocycles. The third-order valence-electron chi connectivity index (χ3n) is 3.01. The number of carbonyl (C=O) groups is 1. The first-order valence-corrected chi connectivity index (χ1v) is 6.30. The van der Waals surface area contributed by atoms with Gasteiger partial charge in [-0.2, -0.15) is 0 Å². The number of aromatic nitrogens is 2. The highest BCUT2D eigenvalue weighted by atomic mass is 16.1. The zero-order chi connectivity index (χ0) is 14.0. The van der Waals surface area contributed by atoms with Gasteiger partial charge in [0.05, 0.1) is 11.0 Å². The Morgan fingerprint density at radius 1 is 1.47 bits per heavy atom. The van der Waals surface area contributed by atoms with Gasteiger partial charge >= 0.3 is 0 Å². The highest BCUT2D eigenvalue weighted by Gasteiger charge is 2.13. The standard InChI is InChI=1S/C14H18N4O/c1-3-5-9-7-12-11(8-10(9)13(15)19)17-14(16)18(12)6-4-2/h3,5,7-8H,4,6H2,1-2H3,(H2,15,19)(H2,16,17). The van der Waals surface area contributed by atoms with Crippen molar-refractivity contribution in [3.63, 3.8) is 0 Å². The van der Waals surface area contributed by atoms with Crippen molar-refractivity contribution in [1.29, 1.82) is 0 Å². The van der Waals surface area contributed by atoms with Gasteiger partial charge in [-0.05, 0) is 31.0 Å². The summed E-state index contributed by atoms with van der Waals surface area (Å²) in [5.74, 6) is 0.00325. The SMILES string of the molecule is CC=Cc1cc2c(cc1C(N)=O)nc(N)n2CCC. The molecular weight excluding hydrogens is 240 g/mol. The summed E-state index contributed by atoms with van der Waals surface area (Å²) in [6.45, 7) is 4.77. The topological polar surface area (TPSA) is 86.9 Å². The van der Waals surface area contributed by atoms with Gasteiger partial charge in [-0.15, -0.1) is 0 Å². The lowest BCUT2D eigenvalue weighted by atomic mass is 10.1. The molecular formula is C14H18N4O. The van der Waals surface area contributed by atoms with Crippen LogP contribution in [0.15, 0.2) is 18.2 Å². The number of benzene rings is 1. The summed E-state index contributed by atoms with van der Waals surface area (Å²) >= 11 is 0. The predicted molar refractivity (Wildman–Crippen MR) is 77.7 cm³/mol. The number of aryl methyl sites for hydroxylation is 1. The van der Waals surface area contributed by atoms with Gasteiger partial charge in [0, 0.05) is 12.1 Å². The molecule has 0 radical (unpaired) electrons. The van der Waals surface area contributed by atoms with Crippen LogP contribution < -0.4 is 11.5 Å². The van der Waals surface area contributed by atoms with E-state index in [2.05, 4.69) is 11.9 Å². The van der Waals surface area contributed by atoms with Crippen LogP contribution in [0.2, 0.25) is 0 Å². The van der Waals surface area contributed by atoms with E-state index in [-0.39, 0.29) is 0 Å². The molecule has 1 aromatic carbocycles. The fraction of sp³-hybridized carbons (Fsp3) is 0.286. The predicted octanol–water partition coefficient (Wildman–Crippen LogP) is 2.16. The number of amides is 1. The molecule has 0 aliphatic heterocycles. The van der Waals surface area contributed by atoms with Crippen LogP contribution in [-0.2, 0) is 6.54 Å². The number of hydrogen-bond acceptors (Lipinski definition) is 3. The number of allylic oxidation sites excluding steroid dienone is 1. The lowest BCUT2D eigenvalue weighted by Gasteiger charge is -2.06. The fourth-order valence-electron chi connectivity index (χ4n) is 2.20. The van der Waals surface area contributed by atoms with Crippen LogP contribution in [0.1, 0.15) is 36.2 Å². The molecule has 0 fully saturated rings. The second-order valence-electron chi connectivity index (χ2n) is 4.41. The maximum absolute atomic E-state index is 11.5. The zero-order valence-corrected chi connectivity index (χ0v) is 11.2. The summed E-state index contributed by atoms with van der Waals surface area (Å²) in [6.07, 6.45) is 4.70. The van der Waals surface area contributed by atoms with Gasteiger partial charge in [-0.1, -0.05) is 19.1 Å². The summed E-state index contributed by atoms with van der Waals surface area (Å²) < 4.78 is 1.95. The third-order valence-corrected chi connectivity index (χ3v) is 3.01. The number of imidazole rings is 1. The van der Waals surface area contributed by atoms with Gasteiger partial charge in [0.2, 0.25) is 11.9 Å². The number of nitrogen functional groups attached to an aromatic ring is 1. The Kier molecular flexibility index (Phi) is 3.55. The van der Waals surface area contributed by atoms with E-state index >= 15 is 0 Å². The largest absolute Gasteiger partial charge is 0.369 e. The molecule has 2 aromatic rings. The molecule has 100 valence electrons. The second-order valence-corrected chi connectivity index (χ2v) is 4.41. The highest BCUT2D eigenvalue weighted by molar-refractivity contribution is 6.00. The van der Waals surface area contributed by atoms with E-state index < -0.39 is 5.91 Å². The molecule has 0 bridgehead atoms. The first kappa shape index (κ1) is 13.1. The van der Waals surface area contributed by atoms with Gasteiger partial charge < -0.3 is 16.0 Å². The van der Waals surface area contributed by atoms with Crippen molar-refractivity contribution in [3.05, 3.63) is 29.3 Å². The number of carbonyl (C=O) groups excluding carboxylic acids is 1. The molecule has 0 unspecified atom stereocenters. The summed E-state index contributed by atoms with van der Waals surface area (Å²) in [5.41, 5.74) is 14.2. The van der Waals surface area contributed by atoms with Crippen LogP contribution in [0.4, 0.5) is 5.95 Å². The first-order chi connectivity index (χ1) is 9.08. The average Bonchev–Trinajstić information content (AvgIpc) is 2.66. The van der Waals surface area contributed by atoms with E-state index in [4.69, 9.17) is 11.5 Å². The van der Waals surface area contributed by atoms with E-state index in [0.29, 0.717) is 17.0 Å². The number of rotatable bonds is 4. The molecule has 0 saturated carbocycles. The van der Waals surface area contributed by atoms with E-state index in [1.54, 1.807) is 6.07 Å². The van der Waals surface area contributed by atoms with Crippen molar-refractivity contribution < 1.29 is 4.79 Å². The lowest BCUT2D eigenvalue weighted by Crippen LogP contribution is -2.12. The minimum Gasteiger partial charge on any atom is -0.369 e. The van der Waals surface area contributed by atoms with Gasteiger partial charge in [0.1, 0.15) is 0 Å². The number of nitrogens with two attached hydrogens (primary N) is 2. The highest BCUT2D eigenvalue weighted by Crippen LogP contribution is 2.23. The first-order valence-electron chi connectivity index (χ1n) is 6.30. The van der Waals surface area contributed by atoms with Gasteiger partial charge in [0.25, 0.3) is 0 Å². The number of nitrogens with zero attached hydrogens (tertiary/aromatic N) is 2. The fourth-order valence-corrected chi connectivity index (χ4v) is 2.20. The number of primary amides is 1. The summed E-state index contributed by atoms with van der Waals surface area (Å²) in [6, 6.07) is 3.62. The minimum atomic E-state index is -0.460. The molecule has 1 aromatic heterocycles. The molecule has 5 heteroatoms. The Bertz CT molecular complexity index is 655. The van der Waals surface area contributed by atoms with Crippen LogP contribution in [0.3, 0.4) is 0 Å². The molecule has 0 aliphatic carbocycles. The summed E-state index contributed by atoms with van der Waals surface area (Å²) in [5, 5.41) is 0. The Labute approximate surface area is 111 Å². The smallest absolute Gasteiger partial charge is 0.249 e. The summed E-state index contributed by atoms with van der Waals surface area (Å²) in [7, 11) is 0. The van der Waals surface area contributed by atoms with Crippen molar-refractivity contribution in [1.82, 2.24) is 9.55 Å². The second kappa shape index (κ2) is 5.14. The molecule has 5 nitrogen and oxygen atoms in total. The maximum Gasteiger partial charge on any atom is 0.249 e. The molecule has 4 N–H and O–H groups in total. The van der Waals surface area contributed by atoms with E-state index in [1.807, 2.05) is 29.7 Å². The minimum absolute atomic E-state index is 0.460. The molecule has 1 amide bonds. The van der Waals surface area contributed by atoms with Crippen molar-refractivity contribution in [2.24, 2.45) is 5.73 Å². The maximum atomic E-state index is 11.5. The molecule has 0 atom stereocenters. The van der Waals surface area contributed by atoms with Crippen molar-refractivity contribution in [2.75, 3.05) is 5.73 Å². The van der Waals surface area contributed by atoms with Crippen LogP contribution in [0, 0.1) is 0 Å². The Balaban J connectivity index is 2.74. The van der Waals surface area contributed by atoms with Crippen molar-refractivity contribution in [3.8, 4) is 0 Å². The normalized spacial score (nSPS) is 11.5. The molecule has 0 aliphatic rings. The van der Waals surface area contributed by atoms with Gasteiger partial charge in [-0.25, -0.2) is 4.98 Å². The molecule has 2 rings (SSSR count). The van der Waals surface area contributed by atoms with Crippen LogP contribution in [0.5, 0.6) is 0 Å². The van der Waals surface area contributed by atoms with Crippen LogP contribution in [-0.4, -0.2) is 15.5 Å². The lowest BCUT2D eigenvalue weighted by molar-refractivity contribution is 0.100.